The van der Waals surface area contributed by atoms with Crippen molar-refractivity contribution >= 4 is 16.7 Å². The summed E-state index contributed by atoms with van der Waals surface area (Å²) in [4.78, 5) is 8.92. The van der Waals surface area contributed by atoms with Crippen LogP contribution in [0.25, 0.3) is 10.9 Å². The molecular formula is C17H17N3. The van der Waals surface area contributed by atoms with Crippen molar-refractivity contribution in [1.82, 2.24) is 9.97 Å². The lowest BCUT2D eigenvalue weighted by Crippen LogP contribution is -2.07. The molecule has 20 heavy (non-hydrogen) atoms. The second kappa shape index (κ2) is 5.70. The fourth-order valence-corrected chi connectivity index (χ4v) is 2.34. The molecule has 0 amide bonds. The first kappa shape index (κ1) is 12.6. The van der Waals surface area contributed by atoms with Crippen LogP contribution in [0.1, 0.15) is 11.3 Å². The minimum Gasteiger partial charge on any atom is -0.370 e. The van der Waals surface area contributed by atoms with Crippen LogP contribution in [0.2, 0.25) is 0 Å². The maximum Gasteiger partial charge on any atom is 0.126 e. The largest absolute Gasteiger partial charge is 0.370 e. The Morgan fingerprint density at radius 2 is 1.85 bits per heavy atom. The Labute approximate surface area is 118 Å². The number of hydrogen-bond donors (Lipinski definition) is 1. The Morgan fingerprint density at radius 1 is 1.00 bits per heavy atom. The molecule has 2 aromatic heterocycles. The second-order valence-electron chi connectivity index (χ2n) is 4.83. The van der Waals surface area contributed by atoms with E-state index < -0.39 is 0 Å². The van der Waals surface area contributed by atoms with Gasteiger partial charge in [-0.3, -0.25) is 4.98 Å². The first-order valence-electron chi connectivity index (χ1n) is 6.83. The van der Waals surface area contributed by atoms with Gasteiger partial charge in [-0.25, -0.2) is 4.98 Å². The van der Waals surface area contributed by atoms with Gasteiger partial charge in [0.2, 0.25) is 0 Å². The van der Waals surface area contributed by atoms with Gasteiger partial charge in [-0.1, -0.05) is 30.3 Å². The summed E-state index contributed by atoms with van der Waals surface area (Å²) in [6.07, 6.45) is 2.78. The standard InChI is InChI=1S/C17H17N3/c1-13-5-2-9-16(20-13)18-12-10-15-7-3-6-14-8-4-11-19-17(14)15/h2-9,11H,10,12H2,1H3,(H,18,20). The fourth-order valence-electron chi connectivity index (χ4n) is 2.34. The summed E-state index contributed by atoms with van der Waals surface area (Å²) in [5.74, 6) is 0.929. The topological polar surface area (TPSA) is 37.8 Å². The molecule has 3 heteroatoms. The van der Waals surface area contributed by atoms with Gasteiger partial charge in [-0.2, -0.15) is 0 Å². The molecule has 0 aliphatic rings. The lowest BCUT2D eigenvalue weighted by atomic mass is 10.1. The van der Waals surface area contributed by atoms with Crippen molar-refractivity contribution in [2.75, 3.05) is 11.9 Å². The van der Waals surface area contributed by atoms with Gasteiger partial charge < -0.3 is 5.32 Å². The van der Waals surface area contributed by atoms with Crippen LogP contribution in [-0.4, -0.2) is 16.5 Å². The number of anilines is 1. The Bertz CT molecular complexity index is 717. The molecule has 0 radical (unpaired) electrons. The number of pyridine rings is 2. The van der Waals surface area contributed by atoms with E-state index >= 15 is 0 Å². The zero-order valence-corrected chi connectivity index (χ0v) is 11.5. The van der Waals surface area contributed by atoms with Crippen molar-refractivity contribution in [3.8, 4) is 0 Å². The van der Waals surface area contributed by atoms with Gasteiger partial charge in [0.15, 0.2) is 0 Å². The van der Waals surface area contributed by atoms with Gasteiger partial charge in [0.1, 0.15) is 5.82 Å². The number of benzene rings is 1. The van der Waals surface area contributed by atoms with Gasteiger partial charge in [-0.05, 0) is 37.1 Å². The van der Waals surface area contributed by atoms with Crippen molar-refractivity contribution in [1.29, 1.82) is 0 Å². The monoisotopic (exact) mass is 263 g/mol. The molecule has 0 atom stereocenters. The smallest absolute Gasteiger partial charge is 0.126 e. The number of para-hydroxylation sites is 1. The third-order valence-corrected chi connectivity index (χ3v) is 3.31. The van der Waals surface area contributed by atoms with Gasteiger partial charge in [0, 0.05) is 23.8 Å². The second-order valence-corrected chi connectivity index (χ2v) is 4.83. The Kier molecular flexibility index (Phi) is 3.59. The van der Waals surface area contributed by atoms with E-state index in [9.17, 15) is 0 Å². The molecule has 2 heterocycles. The number of fused-ring (bicyclic) bond motifs is 1. The molecule has 3 aromatic rings. The zero-order valence-electron chi connectivity index (χ0n) is 11.5. The summed E-state index contributed by atoms with van der Waals surface area (Å²) in [6, 6.07) is 16.4. The molecule has 1 N–H and O–H groups in total. The van der Waals surface area contributed by atoms with Crippen LogP contribution in [0.3, 0.4) is 0 Å². The number of hydrogen-bond acceptors (Lipinski definition) is 3. The third-order valence-electron chi connectivity index (χ3n) is 3.31. The summed E-state index contributed by atoms with van der Waals surface area (Å²) < 4.78 is 0. The molecule has 0 aliphatic heterocycles. The maximum atomic E-state index is 4.48. The maximum absolute atomic E-state index is 4.48. The summed E-state index contributed by atoms with van der Waals surface area (Å²) in [5, 5.41) is 4.55. The first-order valence-corrected chi connectivity index (χ1v) is 6.83. The third kappa shape index (κ3) is 2.77. The van der Waals surface area contributed by atoms with Crippen LogP contribution in [-0.2, 0) is 6.42 Å². The zero-order chi connectivity index (χ0) is 13.8. The van der Waals surface area contributed by atoms with Gasteiger partial charge in [0.05, 0.1) is 5.52 Å². The molecule has 3 rings (SSSR count). The van der Waals surface area contributed by atoms with Crippen molar-refractivity contribution < 1.29 is 0 Å². The number of rotatable bonds is 4. The summed E-state index contributed by atoms with van der Waals surface area (Å²) >= 11 is 0. The SMILES string of the molecule is Cc1cccc(NCCc2cccc3cccnc23)n1. The number of nitrogens with zero attached hydrogens (tertiary/aromatic N) is 2. The highest BCUT2D eigenvalue weighted by Gasteiger charge is 2.01. The van der Waals surface area contributed by atoms with E-state index in [0.29, 0.717) is 0 Å². The molecule has 0 unspecified atom stereocenters. The Morgan fingerprint density at radius 3 is 2.75 bits per heavy atom. The summed E-state index contributed by atoms with van der Waals surface area (Å²) in [6.45, 7) is 2.85. The van der Waals surface area contributed by atoms with E-state index in [-0.39, 0.29) is 0 Å². The normalized spacial score (nSPS) is 10.7. The van der Waals surface area contributed by atoms with E-state index in [2.05, 4.69) is 39.6 Å². The van der Waals surface area contributed by atoms with E-state index in [1.807, 2.05) is 37.4 Å². The Balaban J connectivity index is 1.71. The van der Waals surface area contributed by atoms with E-state index in [1.54, 1.807) is 0 Å². The number of nitrogens with one attached hydrogen (secondary N) is 1. The molecule has 100 valence electrons. The molecule has 3 nitrogen and oxygen atoms in total. The van der Waals surface area contributed by atoms with Crippen LogP contribution >= 0.6 is 0 Å². The molecule has 0 saturated heterocycles. The molecule has 0 bridgehead atoms. The van der Waals surface area contributed by atoms with E-state index in [4.69, 9.17) is 0 Å². The van der Waals surface area contributed by atoms with Gasteiger partial charge >= 0.3 is 0 Å². The van der Waals surface area contributed by atoms with Crippen LogP contribution in [0.4, 0.5) is 5.82 Å². The van der Waals surface area contributed by atoms with Crippen molar-refractivity contribution in [3.05, 3.63) is 66.0 Å². The minimum atomic E-state index is 0.853. The highest BCUT2D eigenvalue weighted by atomic mass is 15.0. The highest BCUT2D eigenvalue weighted by molar-refractivity contribution is 5.81. The summed E-state index contributed by atoms with van der Waals surface area (Å²) in [7, 11) is 0. The molecule has 0 spiro atoms. The van der Waals surface area contributed by atoms with Gasteiger partial charge in [-0.15, -0.1) is 0 Å². The van der Waals surface area contributed by atoms with E-state index in [1.165, 1.54) is 10.9 Å². The fraction of sp³-hybridized carbons (Fsp3) is 0.176. The molecule has 1 aromatic carbocycles. The Hall–Kier alpha value is -2.42. The van der Waals surface area contributed by atoms with Crippen molar-refractivity contribution in [2.45, 2.75) is 13.3 Å². The van der Waals surface area contributed by atoms with Crippen LogP contribution in [0.5, 0.6) is 0 Å². The quantitative estimate of drug-likeness (QED) is 0.781. The molecule has 0 fully saturated rings. The van der Waals surface area contributed by atoms with Gasteiger partial charge in [0.25, 0.3) is 0 Å². The van der Waals surface area contributed by atoms with Crippen molar-refractivity contribution in [2.24, 2.45) is 0 Å². The van der Waals surface area contributed by atoms with E-state index in [0.717, 1.165) is 30.0 Å². The van der Waals surface area contributed by atoms with Crippen LogP contribution in [0, 0.1) is 6.92 Å². The van der Waals surface area contributed by atoms with Crippen molar-refractivity contribution in [3.63, 3.8) is 0 Å². The molecule has 0 saturated carbocycles. The lowest BCUT2D eigenvalue weighted by Gasteiger charge is -2.08. The predicted octanol–water partition coefficient (Wildman–Crippen LogP) is 3.59. The molecular weight excluding hydrogens is 246 g/mol. The average molecular weight is 263 g/mol. The average Bonchev–Trinajstić information content (AvgIpc) is 2.48. The summed E-state index contributed by atoms with van der Waals surface area (Å²) in [5.41, 5.74) is 3.39. The number of aromatic nitrogens is 2. The minimum absolute atomic E-state index is 0.853. The lowest BCUT2D eigenvalue weighted by molar-refractivity contribution is 1.01. The predicted molar refractivity (Wildman–Crippen MR) is 82.9 cm³/mol. The first-order chi connectivity index (χ1) is 9.83. The van der Waals surface area contributed by atoms with Crippen LogP contribution in [0.15, 0.2) is 54.7 Å². The van der Waals surface area contributed by atoms with Crippen LogP contribution < -0.4 is 5.32 Å². The highest BCUT2D eigenvalue weighted by Crippen LogP contribution is 2.16. The number of aryl methyl sites for hydroxylation is 1. The molecule has 0 aliphatic carbocycles.